The van der Waals surface area contributed by atoms with E-state index in [4.69, 9.17) is 14.2 Å². The molecule has 0 fully saturated rings. The van der Waals surface area contributed by atoms with Crippen LogP contribution in [0, 0.1) is 0 Å². The molecule has 0 aliphatic carbocycles. The number of carbonyl (C=O) groups excluding carboxylic acids is 2. The van der Waals surface area contributed by atoms with Crippen molar-refractivity contribution >= 4 is 11.9 Å². The highest BCUT2D eigenvalue weighted by Gasteiger charge is 2.18. The molecule has 0 aliphatic rings. The topological polar surface area (TPSA) is 61.8 Å². The lowest BCUT2D eigenvalue weighted by atomic mass is 10.0. The Morgan fingerprint density at radius 2 is 0.608 bits per heavy atom. The van der Waals surface area contributed by atoms with Gasteiger partial charge in [-0.25, -0.2) is 0 Å². The minimum atomic E-state index is -0.546. The van der Waals surface area contributed by atoms with Crippen LogP contribution in [-0.4, -0.2) is 37.9 Å². The van der Waals surface area contributed by atoms with Gasteiger partial charge < -0.3 is 14.2 Å². The summed E-state index contributed by atoms with van der Waals surface area (Å²) in [4.78, 5) is 25.7. The van der Waals surface area contributed by atoms with Crippen molar-refractivity contribution in [3.8, 4) is 0 Å². The van der Waals surface area contributed by atoms with Gasteiger partial charge in [0, 0.05) is 19.4 Å². The van der Waals surface area contributed by atoms with E-state index in [0.717, 1.165) is 70.6 Å². The molecule has 1 atom stereocenters. The van der Waals surface area contributed by atoms with Crippen LogP contribution in [-0.2, 0) is 23.8 Å². The average Bonchev–Trinajstić information content (AvgIpc) is 3.40. The second-order valence-corrected chi connectivity index (χ2v) is 21.6. The summed E-state index contributed by atoms with van der Waals surface area (Å²) in [7, 11) is 0. The molecular weight excluding hydrogens is 909 g/mol. The van der Waals surface area contributed by atoms with Crippen LogP contribution >= 0.6 is 0 Å². The first-order chi connectivity index (χ1) is 36.6. The molecular formula is C69H124O5. The van der Waals surface area contributed by atoms with Crippen molar-refractivity contribution in [2.45, 2.75) is 335 Å². The van der Waals surface area contributed by atoms with Crippen LogP contribution in [0.3, 0.4) is 0 Å². The normalized spacial score (nSPS) is 12.6. The number of unbranched alkanes of at least 4 members (excludes halogenated alkanes) is 37. The van der Waals surface area contributed by atoms with E-state index in [0.29, 0.717) is 19.4 Å². The fourth-order valence-electron chi connectivity index (χ4n) is 9.42. The number of rotatable bonds is 60. The molecule has 0 saturated heterocycles. The monoisotopic (exact) mass is 1030 g/mol. The zero-order valence-corrected chi connectivity index (χ0v) is 49.6. The van der Waals surface area contributed by atoms with Crippen LogP contribution in [0.4, 0.5) is 0 Å². The lowest BCUT2D eigenvalue weighted by Crippen LogP contribution is -2.30. The summed E-state index contributed by atoms with van der Waals surface area (Å²) in [5, 5.41) is 0. The predicted octanol–water partition coefficient (Wildman–Crippen LogP) is 22.6. The van der Waals surface area contributed by atoms with E-state index in [-0.39, 0.29) is 25.2 Å². The third-order valence-corrected chi connectivity index (χ3v) is 14.2. The molecule has 5 heteroatoms. The highest BCUT2D eigenvalue weighted by Crippen LogP contribution is 2.17. The van der Waals surface area contributed by atoms with E-state index in [2.05, 4.69) is 93.7 Å². The first-order valence-electron chi connectivity index (χ1n) is 32.5. The van der Waals surface area contributed by atoms with Crippen molar-refractivity contribution in [1.29, 1.82) is 0 Å². The van der Waals surface area contributed by atoms with Gasteiger partial charge >= 0.3 is 11.9 Å². The molecule has 0 amide bonds. The maximum atomic E-state index is 12.9. The summed E-state index contributed by atoms with van der Waals surface area (Å²) in [6.07, 6.45) is 85.1. The van der Waals surface area contributed by atoms with Crippen molar-refractivity contribution in [3.05, 3.63) is 72.9 Å². The van der Waals surface area contributed by atoms with E-state index in [1.54, 1.807) is 0 Å². The molecule has 0 bridgehead atoms. The van der Waals surface area contributed by atoms with E-state index in [1.165, 1.54) is 225 Å². The third kappa shape index (κ3) is 61.9. The summed E-state index contributed by atoms with van der Waals surface area (Å²) in [5.41, 5.74) is 0. The zero-order valence-electron chi connectivity index (χ0n) is 49.6. The fourth-order valence-corrected chi connectivity index (χ4v) is 9.42. The van der Waals surface area contributed by atoms with E-state index in [9.17, 15) is 9.59 Å². The molecule has 0 rings (SSSR count). The Balaban J connectivity index is 4.28. The summed E-state index contributed by atoms with van der Waals surface area (Å²) >= 11 is 0. The van der Waals surface area contributed by atoms with E-state index >= 15 is 0 Å². The van der Waals surface area contributed by atoms with Gasteiger partial charge in [-0.3, -0.25) is 9.59 Å². The first-order valence-corrected chi connectivity index (χ1v) is 32.5. The quantitative estimate of drug-likeness (QED) is 0.0345. The largest absolute Gasteiger partial charge is 0.462 e. The Labute approximate surface area is 461 Å². The van der Waals surface area contributed by atoms with Crippen molar-refractivity contribution in [2.75, 3.05) is 19.8 Å². The molecule has 0 saturated carbocycles. The number of esters is 2. The molecule has 0 heterocycles. The van der Waals surface area contributed by atoms with Crippen LogP contribution in [0.1, 0.15) is 329 Å². The van der Waals surface area contributed by atoms with Crippen LogP contribution in [0.5, 0.6) is 0 Å². The highest BCUT2D eigenvalue weighted by molar-refractivity contribution is 5.70. The van der Waals surface area contributed by atoms with Crippen molar-refractivity contribution < 1.29 is 23.8 Å². The van der Waals surface area contributed by atoms with Gasteiger partial charge in [0.05, 0.1) is 6.61 Å². The predicted molar refractivity (Wildman–Crippen MR) is 325 cm³/mol. The Morgan fingerprint density at radius 1 is 0.311 bits per heavy atom. The zero-order chi connectivity index (χ0) is 53.4. The standard InChI is InChI=1S/C69H124O5/c1-4-7-10-13-16-19-22-25-28-31-34-37-40-43-46-49-52-55-58-61-64-72-65-67(74-69(71)63-60-57-54-51-48-45-42-39-36-33-30-27-24-21-18-15-12-9-6-3)66-73-68(70)62-59-56-53-50-47-44-41-38-35-32-29-26-23-20-17-14-11-8-5-2/h7,10,16-17,19-20,25-26,28-29,34,37,67H,4-6,8-9,11-15,18,21-24,27,30-33,35-36,38-66H2,1-3H3/b10-7-,19-16-,20-17-,28-25-,29-26-,37-34-. The molecule has 0 aromatic carbocycles. The second kappa shape index (κ2) is 64.6. The molecule has 0 aliphatic heterocycles. The molecule has 0 aromatic rings. The lowest BCUT2D eigenvalue weighted by Gasteiger charge is -2.18. The molecule has 0 N–H and O–H groups in total. The minimum absolute atomic E-state index is 0.0800. The summed E-state index contributed by atoms with van der Waals surface area (Å²) < 4.78 is 17.6. The minimum Gasteiger partial charge on any atom is -0.462 e. The third-order valence-electron chi connectivity index (χ3n) is 14.2. The number of ether oxygens (including phenoxy) is 3. The van der Waals surface area contributed by atoms with Crippen molar-refractivity contribution in [3.63, 3.8) is 0 Å². The van der Waals surface area contributed by atoms with Crippen LogP contribution < -0.4 is 0 Å². The number of carbonyl (C=O) groups is 2. The smallest absolute Gasteiger partial charge is 0.306 e. The lowest BCUT2D eigenvalue weighted by molar-refractivity contribution is -0.163. The Kier molecular flexibility index (Phi) is 62.3. The van der Waals surface area contributed by atoms with Gasteiger partial charge in [-0.2, -0.15) is 0 Å². The molecule has 5 nitrogen and oxygen atoms in total. The first kappa shape index (κ1) is 71.3. The molecule has 1 unspecified atom stereocenters. The van der Waals surface area contributed by atoms with E-state index in [1.807, 2.05) is 0 Å². The highest BCUT2D eigenvalue weighted by atomic mass is 16.6. The van der Waals surface area contributed by atoms with Gasteiger partial charge in [-0.15, -0.1) is 0 Å². The number of hydrogen-bond donors (Lipinski definition) is 0. The van der Waals surface area contributed by atoms with E-state index < -0.39 is 6.10 Å². The molecule has 0 spiro atoms. The van der Waals surface area contributed by atoms with Gasteiger partial charge in [0.15, 0.2) is 6.10 Å². The summed E-state index contributed by atoms with van der Waals surface area (Å²) in [6.45, 7) is 7.72. The van der Waals surface area contributed by atoms with Crippen molar-refractivity contribution in [2.24, 2.45) is 0 Å². The van der Waals surface area contributed by atoms with Crippen molar-refractivity contribution in [1.82, 2.24) is 0 Å². The number of allylic oxidation sites excluding steroid dienone is 12. The van der Waals surface area contributed by atoms with Gasteiger partial charge in [0.2, 0.25) is 0 Å². The maximum absolute atomic E-state index is 12.9. The van der Waals surface area contributed by atoms with Crippen LogP contribution in [0.2, 0.25) is 0 Å². The van der Waals surface area contributed by atoms with Gasteiger partial charge in [-0.05, 0) is 89.9 Å². The Hall–Kier alpha value is -2.66. The summed E-state index contributed by atoms with van der Waals surface area (Å²) in [6, 6.07) is 0. The Morgan fingerprint density at radius 3 is 1.00 bits per heavy atom. The maximum Gasteiger partial charge on any atom is 0.306 e. The van der Waals surface area contributed by atoms with Gasteiger partial charge in [0.25, 0.3) is 0 Å². The van der Waals surface area contributed by atoms with Crippen LogP contribution in [0.25, 0.3) is 0 Å². The van der Waals surface area contributed by atoms with Crippen LogP contribution in [0.15, 0.2) is 72.9 Å². The Bertz CT molecular complexity index is 1310. The molecule has 74 heavy (non-hydrogen) atoms. The van der Waals surface area contributed by atoms with Gasteiger partial charge in [0.1, 0.15) is 6.61 Å². The van der Waals surface area contributed by atoms with Gasteiger partial charge in [-0.1, -0.05) is 299 Å². The SMILES string of the molecule is CC/C=C\C/C=C\C/C=C\C/C=C\CCCCCCCCCOCC(COC(=O)CCCCCCCCCCC/C=C\C/C=C\CCCCC)OC(=O)CCCCCCCCCCCCCCCCCCCCC. The number of hydrogen-bond acceptors (Lipinski definition) is 5. The molecule has 0 radical (unpaired) electrons. The molecule has 0 aromatic heterocycles. The fraction of sp³-hybridized carbons (Fsp3) is 0.797. The second-order valence-electron chi connectivity index (χ2n) is 21.6. The molecule has 430 valence electrons. The average molecular weight is 1030 g/mol. The summed E-state index contributed by atoms with van der Waals surface area (Å²) in [5.74, 6) is -0.391.